The van der Waals surface area contributed by atoms with Crippen molar-refractivity contribution in [3.8, 4) is 0 Å². The third kappa shape index (κ3) is 1.44. The summed E-state index contributed by atoms with van der Waals surface area (Å²) < 4.78 is 5.13. The molecule has 1 heterocycles. The van der Waals surface area contributed by atoms with E-state index >= 15 is 0 Å². The minimum atomic E-state index is -0.677. The maximum Gasteiger partial charge on any atom is 0.307 e. The summed E-state index contributed by atoms with van der Waals surface area (Å²) in [5.41, 5.74) is 6.71. The average molecular weight is 197 g/mol. The first-order valence-corrected chi connectivity index (χ1v) is 4.89. The van der Waals surface area contributed by atoms with Crippen molar-refractivity contribution in [1.82, 2.24) is 0 Å². The Morgan fingerprint density at radius 1 is 1.64 bits per heavy atom. The lowest BCUT2D eigenvalue weighted by atomic mass is 9.78. The highest BCUT2D eigenvalue weighted by Gasteiger charge is 2.42. The molecule has 0 saturated carbocycles. The van der Waals surface area contributed by atoms with E-state index in [1.165, 1.54) is 0 Å². The number of ether oxygens (including phenoxy) is 1. The Labute approximate surface area is 82.7 Å². The first-order valence-electron chi connectivity index (χ1n) is 4.89. The van der Waals surface area contributed by atoms with Crippen molar-refractivity contribution in [2.45, 2.75) is 38.0 Å². The molecule has 4 heteroatoms. The number of nitrogens with two attached hydrogens (primary N) is 1. The van der Waals surface area contributed by atoms with Crippen LogP contribution in [0, 0.1) is 5.92 Å². The second-order valence-corrected chi connectivity index (χ2v) is 4.11. The Bertz CT molecular complexity index is 287. The lowest BCUT2D eigenvalue weighted by Gasteiger charge is -2.40. The molecule has 14 heavy (non-hydrogen) atoms. The Hall–Kier alpha value is -0.870. The number of carbonyl (C=O) groups is 1. The minimum Gasteiger partial charge on any atom is -0.459 e. The van der Waals surface area contributed by atoms with Gasteiger partial charge in [0.1, 0.15) is 12.2 Å². The Kier molecular flexibility index (Phi) is 2.33. The van der Waals surface area contributed by atoms with E-state index in [9.17, 15) is 9.90 Å². The second kappa shape index (κ2) is 3.37. The molecule has 0 radical (unpaired) electrons. The molecule has 1 aliphatic heterocycles. The van der Waals surface area contributed by atoms with Crippen LogP contribution in [-0.2, 0) is 9.53 Å². The van der Waals surface area contributed by atoms with Crippen molar-refractivity contribution in [2.75, 3.05) is 0 Å². The summed E-state index contributed by atoms with van der Waals surface area (Å²) in [4.78, 5) is 11.1. The van der Waals surface area contributed by atoms with Crippen molar-refractivity contribution >= 4 is 5.97 Å². The van der Waals surface area contributed by atoms with Gasteiger partial charge in [0.2, 0.25) is 0 Å². The molecule has 0 aromatic carbocycles. The zero-order valence-corrected chi connectivity index (χ0v) is 8.14. The SMILES string of the molecule is CC1=CC[C@H]2[C@@H](OC(=O)C[C@@H]2N)[C@@H]1O. The van der Waals surface area contributed by atoms with Crippen molar-refractivity contribution in [2.24, 2.45) is 11.7 Å². The van der Waals surface area contributed by atoms with Gasteiger partial charge in [-0.15, -0.1) is 0 Å². The Balaban J connectivity index is 2.23. The summed E-state index contributed by atoms with van der Waals surface area (Å²) in [7, 11) is 0. The van der Waals surface area contributed by atoms with Crippen molar-refractivity contribution < 1.29 is 14.6 Å². The van der Waals surface area contributed by atoms with Crippen LogP contribution in [0.1, 0.15) is 19.8 Å². The van der Waals surface area contributed by atoms with Crippen molar-refractivity contribution in [3.05, 3.63) is 11.6 Å². The molecule has 1 fully saturated rings. The number of hydrogen-bond donors (Lipinski definition) is 2. The van der Waals surface area contributed by atoms with E-state index in [4.69, 9.17) is 10.5 Å². The van der Waals surface area contributed by atoms with Gasteiger partial charge in [-0.1, -0.05) is 6.08 Å². The van der Waals surface area contributed by atoms with E-state index in [1.54, 1.807) is 0 Å². The highest BCUT2D eigenvalue weighted by Crippen LogP contribution is 2.33. The molecule has 0 unspecified atom stereocenters. The number of hydrogen-bond acceptors (Lipinski definition) is 4. The molecular weight excluding hydrogens is 182 g/mol. The second-order valence-electron chi connectivity index (χ2n) is 4.11. The van der Waals surface area contributed by atoms with E-state index in [0.717, 1.165) is 12.0 Å². The molecule has 1 aliphatic carbocycles. The summed E-state index contributed by atoms with van der Waals surface area (Å²) in [5.74, 6) is -0.223. The molecule has 2 aliphatic rings. The van der Waals surface area contributed by atoms with Gasteiger partial charge < -0.3 is 15.6 Å². The van der Waals surface area contributed by atoms with E-state index in [-0.39, 0.29) is 24.3 Å². The van der Waals surface area contributed by atoms with Gasteiger partial charge in [0.15, 0.2) is 0 Å². The smallest absolute Gasteiger partial charge is 0.307 e. The quantitative estimate of drug-likeness (QED) is 0.422. The predicted molar refractivity (Wildman–Crippen MR) is 50.3 cm³/mol. The molecule has 0 bridgehead atoms. The molecule has 3 N–H and O–H groups in total. The van der Waals surface area contributed by atoms with Crippen LogP contribution in [-0.4, -0.2) is 29.3 Å². The predicted octanol–water partition coefficient (Wildman–Crippen LogP) is -0.0437. The molecule has 2 rings (SSSR count). The van der Waals surface area contributed by atoms with Gasteiger partial charge in [-0.25, -0.2) is 0 Å². The fraction of sp³-hybridized carbons (Fsp3) is 0.700. The summed E-state index contributed by atoms with van der Waals surface area (Å²) in [6.07, 6.45) is 1.92. The van der Waals surface area contributed by atoms with E-state index in [2.05, 4.69) is 0 Å². The summed E-state index contributed by atoms with van der Waals surface area (Å²) in [6.45, 7) is 1.84. The average Bonchev–Trinajstić information content (AvgIpc) is 2.12. The van der Waals surface area contributed by atoms with E-state index in [0.29, 0.717) is 0 Å². The third-order valence-corrected chi connectivity index (χ3v) is 3.13. The molecule has 4 atom stereocenters. The molecule has 0 aromatic rings. The standard InChI is InChI=1S/C10H15NO3/c1-5-2-3-6-7(11)4-8(12)14-10(6)9(5)13/h2,6-7,9-10,13H,3-4,11H2,1H3/t6-,7+,9-,10-/m1/s1. The lowest BCUT2D eigenvalue weighted by molar-refractivity contribution is -0.168. The number of aliphatic hydroxyl groups is 1. The number of rotatable bonds is 0. The zero-order chi connectivity index (χ0) is 10.3. The topological polar surface area (TPSA) is 72.5 Å². The fourth-order valence-electron chi connectivity index (χ4n) is 2.18. The largest absolute Gasteiger partial charge is 0.459 e. The Morgan fingerprint density at radius 3 is 3.07 bits per heavy atom. The minimum absolute atomic E-state index is 0.0754. The number of allylic oxidation sites excluding steroid dienone is 1. The van der Waals surface area contributed by atoms with Crippen molar-refractivity contribution in [1.29, 1.82) is 0 Å². The highest BCUT2D eigenvalue weighted by molar-refractivity contribution is 5.71. The molecule has 1 saturated heterocycles. The monoisotopic (exact) mass is 197 g/mol. The first kappa shape index (κ1) is 9.68. The molecular formula is C10H15NO3. The molecule has 78 valence electrons. The van der Waals surface area contributed by atoms with Crippen LogP contribution < -0.4 is 5.73 Å². The van der Waals surface area contributed by atoms with Crippen LogP contribution in [0.5, 0.6) is 0 Å². The van der Waals surface area contributed by atoms with Gasteiger partial charge in [0.25, 0.3) is 0 Å². The zero-order valence-electron chi connectivity index (χ0n) is 8.14. The highest BCUT2D eigenvalue weighted by atomic mass is 16.6. The normalized spacial score (nSPS) is 42.5. The van der Waals surface area contributed by atoms with Crippen LogP contribution in [0.4, 0.5) is 0 Å². The van der Waals surface area contributed by atoms with Crippen LogP contribution >= 0.6 is 0 Å². The maximum atomic E-state index is 11.1. The van der Waals surface area contributed by atoms with Gasteiger partial charge in [-0.3, -0.25) is 4.79 Å². The third-order valence-electron chi connectivity index (χ3n) is 3.13. The van der Waals surface area contributed by atoms with Crippen LogP contribution in [0.25, 0.3) is 0 Å². The number of esters is 1. The van der Waals surface area contributed by atoms with Gasteiger partial charge in [-0.05, 0) is 18.9 Å². The molecule has 0 aromatic heterocycles. The van der Waals surface area contributed by atoms with Gasteiger partial charge in [0, 0.05) is 12.0 Å². The lowest BCUT2D eigenvalue weighted by Crippen LogP contribution is -2.53. The number of aliphatic hydroxyl groups excluding tert-OH is 1. The van der Waals surface area contributed by atoms with Crippen LogP contribution in [0.3, 0.4) is 0 Å². The van der Waals surface area contributed by atoms with E-state index in [1.807, 2.05) is 13.0 Å². The van der Waals surface area contributed by atoms with Crippen LogP contribution in [0.15, 0.2) is 11.6 Å². The summed E-state index contributed by atoms with van der Waals surface area (Å²) in [5, 5.41) is 9.81. The van der Waals surface area contributed by atoms with E-state index < -0.39 is 12.2 Å². The number of carbonyl (C=O) groups excluding carboxylic acids is 1. The van der Waals surface area contributed by atoms with Crippen molar-refractivity contribution in [3.63, 3.8) is 0 Å². The Morgan fingerprint density at radius 2 is 2.36 bits per heavy atom. The first-order chi connectivity index (χ1) is 6.59. The molecule has 0 amide bonds. The molecule has 4 nitrogen and oxygen atoms in total. The molecule has 0 spiro atoms. The van der Waals surface area contributed by atoms with Crippen LogP contribution in [0.2, 0.25) is 0 Å². The van der Waals surface area contributed by atoms with Gasteiger partial charge in [-0.2, -0.15) is 0 Å². The number of fused-ring (bicyclic) bond motifs is 1. The fourth-order valence-corrected chi connectivity index (χ4v) is 2.18. The summed E-state index contributed by atoms with van der Waals surface area (Å²) >= 11 is 0. The maximum absolute atomic E-state index is 11.1. The summed E-state index contributed by atoms with van der Waals surface area (Å²) in [6, 6.07) is -0.180. The van der Waals surface area contributed by atoms with Gasteiger partial charge in [0.05, 0.1) is 6.42 Å². The van der Waals surface area contributed by atoms with Gasteiger partial charge >= 0.3 is 5.97 Å².